The van der Waals surface area contributed by atoms with Crippen molar-refractivity contribution in [1.82, 2.24) is 15.4 Å². The van der Waals surface area contributed by atoms with Gasteiger partial charge in [0.15, 0.2) is 5.69 Å². The van der Waals surface area contributed by atoms with Crippen molar-refractivity contribution in [2.75, 3.05) is 0 Å². The number of carbonyl (C=O) groups is 1. The molecule has 3 aromatic rings. The number of hydrogen-bond acceptors (Lipinski definition) is 8. The Morgan fingerprint density at radius 2 is 1.58 bits per heavy atom. The highest BCUT2D eigenvalue weighted by atomic mass is 19.4. The van der Waals surface area contributed by atoms with Gasteiger partial charge in [-0.25, -0.2) is 0 Å². The number of alkyl halides is 3. The third-order valence-electron chi connectivity index (χ3n) is 3.90. The Kier molecular flexibility index (Phi) is 5.25. The van der Waals surface area contributed by atoms with Crippen LogP contribution in [0.15, 0.2) is 36.4 Å². The summed E-state index contributed by atoms with van der Waals surface area (Å²) < 4.78 is 44.1. The van der Waals surface area contributed by atoms with E-state index < -0.39 is 44.6 Å². The number of nitrogens with one attached hydrogen (secondary N) is 1. The Bertz CT molecular complexity index is 1160. The Labute approximate surface area is 168 Å². The lowest BCUT2D eigenvalue weighted by Gasteiger charge is -2.11. The van der Waals surface area contributed by atoms with Gasteiger partial charge in [-0.3, -0.25) is 25.0 Å². The maximum atomic E-state index is 13.0. The van der Waals surface area contributed by atoms with Gasteiger partial charge in [0.2, 0.25) is 0 Å². The molecule has 0 aliphatic rings. The zero-order valence-corrected chi connectivity index (χ0v) is 14.9. The highest BCUT2D eigenvalue weighted by Crippen LogP contribution is 2.44. The molecule has 12 nitrogen and oxygen atoms in total. The van der Waals surface area contributed by atoms with Gasteiger partial charge in [-0.15, -0.1) is 0 Å². The van der Waals surface area contributed by atoms with E-state index in [4.69, 9.17) is 10.5 Å². The van der Waals surface area contributed by atoms with Crippen LogP contribution in [0.3, 0.4) is 0 Å². The molecule has 3 rings (SSSR count). The maximum absolute atomic E-state index is 13.0. The van der Waals surface area contributed by atoms with E-state index in [1.54, 1.807) is 0 Å². The fraction of sp³-hybridized carbons (Fsp3) is 0.0625. The van der Waals surface area contributed by atoms with Gasteiger partial charge in [0.1, 0.15) is 11.4 Å². The largest absolute Gasteiger partial charge is 0.444 e. The van der Waals surface area contributed by atoms with Crippen LogP contribution in [0.4, 0.5) is 24.5 Å². The van der Waals surface area contributed by atoms with Crippen molar-refractivity contribution >= 4 is 17.3 Å². The summed E-state index contributed by atoms with van der Waals surface area (Å²) in [5, 5.41) is 32.1. The maximum Gasteiger partial charge on any atom is 0.416 e. The van der Waals surface area contributed by atoms with Crippen LogP contribution in [-0.4, -0.2) is 31.2 Å². The second-order valence-electron chi connectivity index (χ2n) is 5.87. The van der Waals surface area contributed by atoms with Crippen molar-refractivity contribution in [3.05, 3.63) is 67.9 Å². The number of nitrogens with two attached hydrogens (primary N) is 1. The van der Waals surface area contributed by atoms with E-state index in [0.717, 1.165) is 0 Å². The summed E-state index contributed by atoms with van der Waals surface area (Å²) in [5.41, 5.74) is 1.37. The molecule has 1 aromatic heterocycles. The van der Waals surface area contributed by atoms with Gasteiger partial charge in [0, 0.05) is 17.7 Å². The Balaban J connectivity index is 2.04. The summed E-state index contributed by atoms with van der Waals surface area (Å²) >= 11 is 0. The molecule has 0 saturated carbocycles. The number of primary amides is 1. The van der Waals surface area contributed by atoms with E-state index in [1.807, 2.05) is 0 Å². The van der Waals surface area contributed by atoms with E-state index in [9.17, 15) is 38.2 Å². The quantitative estimate of drug-likeness (QED) is 0.435. The molecule has 0 spiro atoms. The minimum absolute atomic E-state index is 0.0885. The van der Waals surface area contributed by atoms with Crippen LogP contribution in [0.5, 0.6) is 11.5 Å². The number of nitrogens with zero attached hydrogens (tertiary/aromatic N) is 4. The molecule has 3 N–H and O–H groups in total. The Morgan fingerprint density at radius 1 is 1.03 bits per heavy atom. The molecule has 0 saturated heterocycles. The highest BCUT2D eigenvalue weighted by Gasteiger charge is 2.38. The normalized spacial score (nSPS) is 11.2. The third-order valence-corrected chi connectivity index (χ3v) is 3.90. The van der Waals surface area contributed by atoms with Gasteiger partial charge < -0.3 is 10.5 Å². The van der Waals surface area contributed by atoms with Gasteiger partial charge in [0.25, 0.3) is 11.7 Å². The fourth-order valence-corrected chi connectivity index (χ4v) is 2.54. The molecule has 0 aliphatic carbocycles. The SMILES string of the molecule is NC(=O)c1n[nH]nc1-c1ccc(Oc2c([N+](=O)[O-])cc(C(F)(F)F)cc2[N+](=O)[O-])cc1. The molecule has 15 heteroatoms. The molecular weight excluding hydrogens is 429 g/mol. The predicted molar refractivity (Wildman–Crippen MR) is 95.2 cm³/mol. The topological polar surface area (TPSA) is 180 Å². The number of amides is 1. The van der Waals surface area contributed by atoms with Gasteiger partial charge in [-0.1, -0.05) is 0 Å². The summed E-state index contributed by atoms with van der Waals surface area (Å²) in [6.45, 7) is 0. The van der Waals surface area contributed by atoms with Gasteiger partial charge in [0.05, 0.1) is 15.4 Å². The molecule has 0 fully saturated rings. The average Bonchev–Trinajstić information content (AvgIpc) is 3.17. The minimum atomic E-state index is -5.05. The predicted octanol–water partition coefficient (Wildman–Crippen LogP) is 3.20. The first-order valence-corrected chi connectivity index (χ1v) is 8.02. The van der Waals surface area contributed by atoms with Crippen LogP contribution < -0.4 is 10.5 Å². The molecule has 1 amide bonds. The van der Waals surface area contributed by atoms with Crippen LogP contribution in [0.25, 0.3) is 11.3 Å². The molecule has 0 atom stereocenters. The number of H-pyrrole nitrogens is 1. The molecule has 0 bridgehead atoms. The fourth-order valence-electron chi connectivity index (χ4n) is 2.54. The second-order valence-corrected chi connectivity index (χ2v) is 5.87. The first kappa shape index (κ1) is 21.2. The van der Waals surface area contributed by atoms with Crippen molar-refractivity contribution in [1.29, 1.82) is 0 Å². The molecule has 2 aromatic carbocycles. The number of benzene rings is 2. The van der Waals surface area contributed by atoms with Crippen LogP contribution in [-0.2, 0) is 6.18 Å². The van der Waals surface area contributed by atoms with Crippen LogP contribution in [0.1, 0.15) is 16.1 Å². The molecule has 160 valence electrons. The number of rotatable bonds is 6. The lowest BCUT2D eigenvalue weighted by atomic mass is 10.1. The molecule has 31 heavy (non-hydrogen) atoms. The molecule has 1 heterocycles. The lowest BCUT2D eigenvalue weighted by molar-refractivity contribution is -0.396. The van der Waals surface area contributed by atoms with E-state index >= 15 is 0 Å². The zero-order chi connectivity index (χ0) is 22.9. The van der Waals surface area contributed by atoms with Crippen LogP contribution in [0.2, 0.25) is 0 Å². The standard InChI is InChI=1S/C16H9F3N6O6/c17-16(18,19)8-5-10(24(27)28)14(11(6-8)25(29)30)31-9-3-1-7(2-4-9)12-13(15(20)26)22-23-21-12/h1-6H,(H2,20,26)(H,21,22,23). The summed E-state index contributed by atoms with van der Waals surface area (Å²) in [5.74, 6) is -2.01. The van der Waals surface area contributed by atoms with Crippen molar-refractivity contribution in [3.63, 3.8) is 0 Å². The lowest BCUT2D eigenvalue weighted by Crippen LogP contribution is -2.12. The number of ether oxygens (including phenoxy) is 1. The van der Waals surface area contributed by atoms with Crippen molar-refractivity contribution in [3.8, 4) is 22.8 Å². The average molecular weight is 438 g/mol. The number of nitro benzene ring substituents is 2. The minimum Gasteiger partial charge on any atom is -0.444 e. The number of carbonyl (C=O) groups excluding carboxylic acids is 1. The van der Waals surface area contributed by atoms with Gasteiger partial charge in [-0.2, -0.15) is 28.6 Å². The summed E-state index contributed by atoms with van der Waals surface area (Å²) in [6, 6.07) is 5.37. The highest BCUT2D eigenvalue weighted by molar-refractivity contribution is 5.96. The first-order chi connectivity index (χ1) is 14.5. The van der Waals surface area contributed by atoms with E-state index in [-0.39, 0.29) is 29.3 Å². The van der Waals surface area contributed by atoms with E-state index in [1.165, 1.54) is 24.3 Å². The molecule has 0 radical (unpaired) electrons. The third kappa shape index (κ3) is 4.24. The number of aromatic amines is 1. The summed E-state index contributed by atoms with van der Waals surface area (Å²) in [7, 11) is 0. The van der Waals surface area contributed by atoms with Crippen molar-refractivity contribution < 1.29 is 32.5 Å². The Hall–Kier alpha value is -4.56. The summed E-state index contributed by atoms with van der Waals surface area (Å²) in [6.07, 6.45) is -5.05. The number of aromatic nitrogens is 3. The van der Waals surface area contributed by atoms with Gasteiger partial charge in [-0.05, 0) is 24.3 Å². The second kappa shape index (κ2) is 7.69. The first-order valence-electron chi connectivity index (χ1n) is 8.02. The number of hydrogen-bond donors (Lipinski definition) is 2. The van der Waals surface area contributed by atoms with Crippen LogP contribution >= 0.6 is 0 Å². The van der Waals surface area contributed by atoms with E-state index in [2.05, 4.69) is 15.4 Å². The number of nitro groups is 2. The molecule has 0 aliphatic heterocycles. The summed E-state index contributed by atoms with van der Waals surface area (Å²) in [4.78, 5) is 31.4. The Morgan fingerprint density at radius 3 is 2.03 bits per heavy atom. The number of halogens is 3. The monoisotopic (exact) mass is 438 g/mol. The van der Waals surface area contributed by atoms with E-state index in [0.29, 0.717) is 5.56 Å². The van der Waals surface area contributed by atoms with Crippen molar-refractivity contribution in [2.45, 2.75) is 6.18 Å². The molecule has 0 unspecified atom stereocenters. The smallest absolute Gasteiger partial charge is 0.416 e. The van der Waals surface area contributed by atoms with Crippen LogP contribution in [0, 0.1) is 20.2 Å². The molecular formula is C16H9F3N6O6. The van der Waals surface area contributed by atoms with Gasteiger partial charge >= 0.3 is 17.6 Å². The zero-order valence-electron chi connectivity index (χ0n) is 14.9. The van der Waals surface area contributed by atoms with Crippen molar-refractivity contribution in [2.24, 2.45) is 5.73 Å².